The van der Waals surface area contributed by atoms with E-state index < -0.39 is 0 Å². The first kappa shape index (κ1) is 15.0. The van der Waals surface area contributed by atoms with Crippen LogP contribution in [0, 0.1) is 20.8 Å². The maximum Gasteiger partial charge on any atom is 0.124 e. The highest BCUT2D eigenvalue weighted by molar-refractivity contribution is 5.49. The quantitative estimate of drug-likeness (QED) is 0.726. The minimum Gasteiger partial charge on any atom is -0.496 e. The summed E-state index contributed by atoms with van der Waals surface area (Å²) in [6, 6.07) is 2.24. The number of likely N-dealkylation sites (N-methyl/N-ethyl adjacent to an activating group) is 1. The first-order chi connectivity index (χ1) is 8.51. The molecule has 0 heterocycles. The molecule has 0 bridgehead atoms. The van der Waals surface area contributed by atoms with Gasteiger partial charge in [-0.3, -0.25) is 4.90 Å². The lowest BCUT2D eigenvalue weighted by molar-refractivity contribution is 0.0827. The summed E-state index contributed by atoms with van der Waals surface area (Å²) in [5, 5.41) is 0. The zero-order chi connectivity index (χ0) is 13.7. The standard InChI is InChI=1S/C15H25NO2/c1-11-9-14(7-8-16(4)10-17-5)12(2)13(3)15(11)18-6/h9H,7-8,10H2,1-6H3. The second kappa shape index (κ2) is 6.76. The summed E-state index contributed by atoms with van der Waals surface area (Å²) in [7, 11) is 5.53. The average molecular weight is 251 g/mol. The molecule has 0 N–H and O–H groups in total. The summed E-state index contributed by atoms with van der Waals surface area (Å²) in [4.78, 5) is 2.17. The van der Waals surface area contributed by atoms with Gasteiger partial charge in [-0.1, -0.05) is 6.07 Å². The van der Waals surface area contributed by atoms with Crippen LogP contribution in [0.15, 0.2) is 6.07 Å². The molecule has 0 radical (unpaired) electrons. The molecule has 1 aromatic rings. The van der Waals surface area contributed by atoms with E-state index in [0.29, 0.717) is 6.73 Å². The smallest absolute Gasteiger partial charge is 0.124 e. The maximum absolute atomic E-state index is 5.45. The highest BCUT2D eigenvalue weighted by Gasteiger charge is 2.10. The van der Waals surface area contributed by atoms with Crippen LogP contribution in [0.2, 0.25) is 0 Å². The molecule has 0 saturated carbocycles. The second-order valence-corrected chi connectivity index (χ2v) is 4.88. The average Bonchev–Trinajstić information content (AvgIpc) is 2.33. The minimum absolute atomic E-state index is 0.674. The Morgan fingerprint density at radius 1 is 1.11 bits per heavy atom. The van der Waals surface area contributed by atoms with E-state index in [-0.39, 0.29) is 0 Å². The Morgan fingerprint density at radius 2 is 1.78 bits per heavy atom. The zero-order valence-corrected chi connectivity index (χ0v) is 12.5. The lowest BCUT2D eigenvalue weighted by atomic mass is 9.96. The van der Waals surface area contributed by atoms with Gasteiger partial charge in [-0.25, -0.2) is 0 Å². The Morgan fingerprint density at radius 3 is 2.33 bits per heavy atom. The molecule has 0 spiro atoms. The third-order valence-electron chi connectivity index (χ3n) is 3.45. The summed E-state index contributed by atoms with van der Waals surface area (Å²) < 4.78 is 10.6. The summed E-state index contributed by atoms with van der Waals surface area (Å²) in [5.41, 5.74) is 5.20. The van der Waals surface area contributed by atoms with Gasteiger partial charge in [0.15, 0.2) is 0 Å². The van der Waals surface area contributed by atoms with E-state index in [0.717, 1.165) is 18.7 Å². The van der Waals surface area contributed by atoms with Crippen molar-refractivity contribution in [3.05, 3.63) is 28.3 Å². The Kier molecular flexibility index (Phi) is 5.63. The molecule has 0 aliphatic heterocycles. The zero-order valence-electron chi connectivity index (χ0n) is 12.5. The van der Waals surface area contributed by atoms with Crippen LogP contribution < -0.4 is 4.74 Å². The van der Waals surface area contributed by atoms with E-state index in [1.807, 2.05) is 0 Å². The number of nitrogens with zero attached hydrogens (tertiary/aromatic N) is 1. The normalized spacial score (nSPS) is 11.1. The molecule has 0 fully saturated rings. The molecule has 3 heteroatoms. The van der Waals surface area contributed by atoms with Crippen molar-refractivity contribution >= 4 is 0 Å². The van der Waals surface area contributed by atoms with E-state index in [2.05, 4.69) is 38.8 Å². The predicted octanol–water partition coefficient (Wildman–Crippen LogP) is 2.70. The third-order valence-corrected chi connectivity index (χ3v) is 3.45. The lowest BCUT2D eigenvalue weighted by Crippen LogP contribution is -2.23. The van der Waals surface area contributed by atoms with Crippen LogP contribution in [0.4, 0.5) is 0 Å². The van der Waals surface area contributed by atoms with Crippen molar-refractivity contribution in [3.63, 3.8) is 0 Å². The van der Waals surface area contributed by atoms with Gasteiger partial charge >= 0.3 is 0 Å². The Labute approximate surface area is 111 Å². The highest BCUT2D eigenvalue weighted by Crippen LogP contribution is 2.28. The molecule has 18 heavy (non-hydrogen) atoms. The highest BCUT2D eigenvalue weighted by atomic mass is 16.5. The molecular formula is C15H25NO2. The van der Waals surface area contributed by atoms with Crippen molar-refractivity contribution in [3.8, 4) is 5.75 Å². The largest absolute Gasteiger partial charge is 0.496 e. The van der Waals surface area contributed by atoms with Crippen LogP contribution in [0.1, 0.15) is 22.3 Å². The maximum atomic E-state index is 5.45. The molecule has 0 aromatic heterocycles. The van der Waals surface area contributed by atoms with Crippen molar-refractivity contribution in [1.82, 2.24) is 4.90 Å². The van der Waals surface area contributed by atoms with Crippen molar-refractivity contribution < 1.29 is 9.47 Å². The molecule has 3 nitrogen and oxygen atoms in total. The van der Waals surface area contributed by atoms with Gasteiger partial charge in [-0.05, 0) is 56.5 Å². The van der Waals surface area contributed by atoms with Crippen LogP contribution in [-0.2, 0) is 11.2 Å². The summed E-state index contributed by atoms with van der Waals surface area (Å²) in [5.74, 6) is 1.02. The predicted molar refractivity (Wildman–Crippen MR) is 75.4 cm³/mol. The van der Waals surface area contributed by atoms with Gasteiger partial charge in [0, 0.05) is 13.7 Å². The van der Waals surface area contributed by atoms with Crippen LogP contribution in [0.5, 0.6) is 5.75 Å². The Hall–Kier alpha value is -1.06. The van der Waals surface area contributed by atoms with Crippen LogP contribution in [0.3, 0.4) is 0 Å². The first-order valence-corrected chi connectivity index (χ1v) is 6.32. The van der Waals surface area contributed by atoms with E-state index >= 15 is 0 Å². The van der Waals surface area contributed by atoms with Gasteiger partial charge in [0.25, 0.3) is 0 Å². The van der Waals surface area contributed by atoms with Crippen LogP contribution >= 0.6 is 0 Å². The molecule has 102 valence electrons. The molecule has 0 saturated heterocycles. The fourth-order valence-corrected chi connectivity index (χ4v) is 2.31. The summed E-state index contributed by atoms with van der Waals surface area (Å²) in [6.07, 6.45) is 1.04. The van der Waals surface area contributed by atoms with E-state index in [1.54, 1.807) is 14.2 Å². The number of ether oxygens (including phenoxy) is 2. The molecule has 0 atom stereocenters. The molecule has 1 rings (SSSR count). The molecule has 0 aliphatic rings. The van der Waals surface area contributed by atoms with Crippen molar-refractivity contribution in [2.45, 2.75) is 27.2 Å². The van der Waals surface area contributed by atoms with E-state index in [1.165, 1.54) is 22.3 Å². The number of hydrogen-bond acceptors (Lipinski definition) is 3. The summed E-state index contributed by atoms with van der Waals surface area (Å²) >= 11 is 0. The molecule has 0 unspecified atom stereocenters. The molecular weight excluding hydrogens is 226 g/mol. The third kappa shape index (κ3) is 3.47. The number of hydrogen-bond donors (Lipinski definition) is 0. The van der Waals surface area contributed by atoms with Gasteiger partial charge in [0.2, 0.25) is 0 Å². The molecule has 0 aliphatic carbocycles. The number of benzene rings is 1. The van der Waals surface area contributed by atoms with Gasteiger partial charge in [0.1, 0.15) is 5.75 Å². The lowest BCUT2D eigenvalue weighted by Gasteiger charge is -2.19. The molecule has 0 amide bonds. The van der Waals surface area contributed by atoms with Gasteiger partial charge in [-0.2, -0.15) is 0 Å². The van der Waals surface area contributed by atoms with Crippen molar-refractivity contribution in [1.29, 1.82) is 0 Å². The fraction of sp³-hybridized carbons (Fsp3) is 0.600. The number of methoxy groups -OCH3 is 2. The number of rotatable bonds is 6. The topological polar surface area (TPSA) is 21.7 Å². The number of aryl methyl sites for hydroxylation is 1. The fourth-order valence-electron chi connectivity index (χ4n) is 2.31. The van der Waals surface area contributed by atoms with Crippen LogP contribution in [0.25, 0.3) is 0 Å². The van der Waals surface area contributed by atoms with Gasteiger partial charge < -0.3 is 9.47 Å². The molecule has 1 aromatic carbocycles. The van der Waals surface area contributed by atoms with Gasteiger partial charge in [-0.15, -0.1) is 0 Å². The second-order valence-electron chi connectivity index (χ2n) is 4.88. The Balaban J connectivity index is 2.84. The van der Waals surface area contributed by atoms with Crippen molar-refractivity contribution in [2.75, 3.05) is 34.5 Å². The first-order valence-electron chi connectivity index (χ1n) is 6.32. The monoisotopic (exact) mass is 251 g/mol. The SMILES string of the molecule is COCN(C)CCc1cc(C)c(OC)c(C)c1C. The van der Waals surface area contributed by atoms with Crippen LogP contribution in [-0.4, -0.2) is 39.4 Å². The summed E-state index contributed by atoms with van der Waals surface area (Å²) in [6.45, 7) is 8.08. The minimum atomic E-state index is 0.674. The van der Waals surface area contributed by atoms with Crippen molar-refractivity contribution in [2.24, 2.45) is 0 Å². The van der Waals surface area contributed by atoms with Gasteiger partial charge in [0.05, 0.1) is 13.8 Å². The van der Waals surface area contributed by atoms with E-state index in [9.17, 15) is 0 Å². The Bertz CT molecular complexity index is 402. The van der Waals surface area contributed by atoms with E-state index in [4.69, 9.17) is 9.47 Å².